The predicted molar refractivity (Wildman–Crippen MR) is 154 cm³/mol. The van der Waals surface area contributed by atoms with Crippen molar-refractivity contribution < 1.29 is 22.8 Å². The number of urea groups is 1. The molecule has 40 heavy (non-hydrogen) atoms. The maximum atomic E-state index is 13.4. The number of rotatable bonds is 7. The van der Waals surface area contributed by atoms with E-state index >= 15 is 0 Å². The zero-order valence-electron chi connectivity index (χ0n) is 22.9. The summed E-state index contributed by atoms with van der Waals surface area (Å²) in [5, 5.41) is 2.97. The van der Waals surface area contributed by atoms with E-state index in [4.69, 9.17) is 0 Å². The highest BCUT2D eigenvalue weighted by Crippen LogP contribution is 2.36. The molecule has 3 saturated heterocycles. The molecule has 2 atom stereocenters. The lowest BCUT2D eigenvalue weighted by Crippen LogP contribution is -2.55. The number of amides is 4. The fourth-order valence-electron chi connectivity index (χ4n) is 6.19. The molecule has 3 aliphatic heterocycles. The summed E-state index contributed by atoms with van der Waals surface area (Å²) in [6.45, 7) is 5.66. The summed E-state index contributed by atoms with van der Waals surface area (Å²) in [6.07, 6.45) is 2.70. The van der Waals surface area contributed by atoms with Gasteiger partial charge in [0.05, 0.1) is 11.4 Å². The number of carbonyl (C=O) groups is 3. The molecule has 2 aromatic carbocycles. The number of hydrogen-bond donors (Lipinski definition) is 1. The first-order valence-corrected chi connectivity index (χ1v) is 15.5. The molecule has 4 amide bonds. The third-order valence-electron chi connectivity index (χ3n) is 8.46. The minimum absolute atomic E-state index is 0. The number of nitrogens with zero attached hydrogens (tertiary/aromatic N) is 3. The van der Waals surface area contributed by atoms with Crippen LogP contribution in [0.4, 0.5) is 4.79 Å². The zero-order chi connectivity index (χ0) is 27.8. The van der Waals surface area contributed by atoms with Crippen LogP contribution in [0.15, 0.2) is 59.5 Å². The Kier molecular flexibility index (Phi) is 8.92. The third-order valence-corrected chi connectivity index (χ3v) is 9.59. The van der Waals surface area contributed by atoms with Gasteiger partial charge in [-0.2, -0.15) is 0 Å². The molecule has 0 bridgehead atoms. The summed E-state index contributed by atoms with van der Waals surface area (Å²) in [7, 11) is -3.32. The van der Waals surface area contributed by atoms with Crippen LogP contribution in [0.5, 0.6) is 0 Å². The van der Waals surface area contributed by atoms with E-state index in [1.165, 1.54) is 22.6 Å². The van der Waals surface area contributed by atoms with Crippen molar-refractivity contribution in [2.75, 3.05) is 39.0 Å². The fraction of sp³-hybridized carbons (Fsp3) is 0.483. The standard InChI is InChI=1S/C29H36N4O5S.ClH/c1-3-26(34)32-19-23(25(20-32)22-7-5-4-6-8-22)18-31-15-13-29(14-16-31)27(35)33(28(36)30-29)17-21-9-11-24(12-10-21)39(2,37)38;/h4-12,23,25H,3,13-20H2,1-2H3,(H,30,36);1H. The zero-order valence-corrected chi connectivity index (χ0v) is 24.5. The van der Waals surface area contributed by atoms with Crippen LogP contribution in [0.1, 0.15) is 43.2 Å². The quantitative estimate of drug-likeness (QED) is 0.498. The fourth-order valence-corrected chi connectivity index (χ4v) is 6.82. The van der Waals surface area contributed by atoms with Crippen LogP contribution in [0.25, 0.3) is 0 Å². The summed E-state index contributed by atoms with van der Waals surface area (Å²) in [6, 6.07) is 16.2. The molecule has 0 aromatic heterocycles. The van der Waals surface area contributed by atoms with Gasteiger partial charge in [-0.05, 0) is 42.0 Å². The van der Waals surface area contributed by atoms with E-state index in [9.17, 15) is 22.8 Å². The lowest BCUT2D eigenvalue weighted by Gasteiger charge is -2.38. The molecule has 216 valence electrons. The molecule has 3 aliphatic rings. The topological polar surface area (TPSA) is 107 Å². The lowest BCUT2D eigenvalue weighted by molar-refractivity contribution is -0.133. The summed E-state index contributed by atoms with van der Waals surface area (Å²) in [5.41, 5.74) is 1.04. The van der Waals surface area contributed by atoms with Crippen molar-refractivity contribution in [2.45, 2.75) is 49.1 Å². The molecule has 3 fully saturated rings. The van der Waals surface area contributed by atoms with E-state index < -0.39 is 21.4 Å². The van der Waals surface area contributed by atoms with Crippen LogP contribution in [0, 0.1) is 5.92 Å². The summed E-state index contributed by atoms with van der Waals surface area (Å²) in [4.78, 5) is 44.5. The van der Waals surface area contributed by atoms with Crippen molar-refractivity contribution in [2.24, 2.45) is 5.92 Å². The first-order chi connectivity index (χ1) is 18.6. The number of carbonyl (C=O) groups excluding carboxylic acids is 3. The third kappa shape index (κ3) is 6.04. The average Bonchev–Trinajstić information content (AvgIpc) is 3.44. The second-order valence-corrected chi connectivity index (χ2v) is 13.1. The van der Waals surface area contributed by atoms with E-state index in [0.29, 0.717) is 43.8 Å². The van der Waals surface area contributed by atoms with E-state index in [1.54, 1.807) is 12.1 Å². The van der Waals surface area contributed by atoms with Crippen molar-refractivity contribution in [1.82, 2.24) is 20.0 Å². The highest BCUT2D eigenvalue weighted by atomic mass is 35.5. The predicted octanol–water partition coefficient (Wildman–Crippen LogP) is 3.05. The number of hydrogen-bond acceptors (Lipinski definition) is 6. The van der Waals surface area contributed by atoms with E-state index in [-0.39, 0.29) is 41.6 Å². The molecule has 2 unspecified atom stereocenters. The Morgan fingerprint density at radius 3 is 2.25 bits per heavy atom. The Hall–Kier alpha value is -2.95. The summed E-state index contributed by atoms with van der Waals surface area (Å²) in [5.74, 6) is 0.538. The molecule has 1 N–H and O–H groups in total. The van der Waals surface area contributed by atoms with Crippen molar-refractivity contribution in [3.05, 3.63) is 65.7 Å². The number of benzene rings is 2. The van der Waals surface area contributed by atoms with Gasteiger partial charge in [0.2, 0.25) is 5.91 Å². The molecule has 3 heterocycles. The minimum Gasteiger partial charge on any atom is -0.342 e. The number of likely N-dealkylation sites (tertiary alicyclic amines) is 2. The largest absolute Gasteiger partial charge is 0.342 e. The molecule has 1 spiro atoms. The first kappa shape index (κ1) is 30.0. The maximum absolute atomic E-state index is 13.4. The van der Waals surface area contributed by atoms with Gasteiger partial charge >= 0.3 is 6.03 Å². The van der Waals surface area contributed by atoms with Gasteiger partial charge in [0.25, 0.3) is 5.91 Å². The molecule has 11 heteroatoms. The molecular weight excluding hydrogens is 552 g/mol. The van der Waals surface area contributed by atoms with Gasteiger partial charge in [0, 0.05) is 51.3 Å². The van der Waals surface area contributed by atoms with Gasteiger partial charge in [-0.15, -0.1) is 12.4 Å². The van der Waals surface area contributed by atoms with E-state index in [2.05, 4.69) is 22.3 Å². The minimum atomic E-state index is -3.32. The van der Waals surface area contributed by atoms with Crippen LogP contribution in [0.2, 0.25) is 0 Å². The van der Waals surface area contributed by atoms with Crippen molar-refractivity contribution in [3.63, 3.8) is 0 Å². The van der Waals surface area contributed by atoms with Gasteiger partial charge < -0.3 is 15.1 Å². The SMILES string of the molecule is CCC(=O)N1CC(CN2CCC3(CC2)NC(=O)N(Cc2ccc(S(C)(=O)=O)cc2)C3=O)C(c2ccccc2)C1.Cl. The van der Waals surface area contributed by atoms with Crippen molar-refractivity contribution >= 4 is 40.1 Å². The van der Waals surface area contributed by atoms with Crippen LogP contribution in [0.3, 0.4) is 0 Å². The average molecular weight is 589 g/mol. The van der Waals surface area contributed by atoms with E-state index in [1.807, 2.05) is 30.0 Å². The Morgan fingerprint density at radius 2 is 1.65 bits per heavy atom. The summed E-state index contributed by atoms with van der Waals surface area (Å²) < 4.78 is 23.5. The van der Waals surface area contributed by atoms with Crippen molar-refractivity contribution in [3.8, 4) is 0 Å². The molecule has 0 aliphatic carbocycles. The molecular formula is C29H37ClN4O5S. The number of nitrogens with one attached hydrogen (secondary N) is 1. The highest BCUT2D eigenvalue weighted by Gasteiger charge is 2.52. The molecule has 0 saturated carbocycles. The summed E-state index contributed by atoms with van der Waals surface area (Å²) >= 11 is 0. The van der Waals surface area contributed by atoms with E-state index in [0.717, 1.165) is 25.9 Å². The van der Waals surface area contributed by atoms with Gasteiger partial charge in [-0.25, -0.2) is 13.2 Å². The van der Waals surface area contributed by atoms with Gasteiger partial charge in [-0.3, -0.25) is 14.5 Å². The van der Waals surface area contributed by atoms with Crippen LogP contribution in [-0.4, -0.2) is 85.5 Å². The Labute approximate surface area is 242 Å². The smallest absolute Gasteiger partial charge is 0.325 e. The van der Waals surface area contributed by atoms with Gasteiger partial charge in [-0.1, -0.05) is 49.4 Å². The molecule has 5 rings (SSSR count). The van der Waals surface area contributed by atoms with Gasteiger partial charge in [0.1, 0.15) is 5.54 Å². The maximum Gasteiger partial charge on any atom is 0.325 e. The monoisotopic (exact) mass is 588 g/mol. The highest BCUT2D eigenvalue weighted by molar-refractivity contribution is 7.90. The Bertz CT molecular complexity index is 1340. The normalized spacial score (nSPS) is 22.9. The number of imide groups is 1. The Balaban J connectivity index is 0.00000370. The Morgan fingerprint density at radius 1 is 1.00 bits per heavy atom. The second kappa shape index (κ2) is 11.9. The van der Waals surface area contributed by atoms with Crippen molar-refractivity contribution in [1.29, 1.82) is 0 Å². The number of halogens is 1. The number of sulfone groups is 1. The van der Waals surface area contributed by atoms with Gasteiger partial charge in [0.15, 0.2) is 9.84 Å². The molecule has 9 nitrogen and oxygen atoms in total. The lowest BCUT2D eigenvalue weighted by atomic mass is 9.85. The number of piperidine rings is 1. The van der Waals surface area contributed by atoms with Crippen LogP contribution in [-0.2, 0) is 26.0 Å². The molecule has 0 radical (unpaired) electrons. The molecule has 2 aromatic rings. The van der Waals surface area contributed by atoms with Crippen LogP contribution >= 0.6 is 12.4 Å². The first-order valence-electron chi connectivity index (χ1n) is 13.6. The van der Waals surface area contributed by atoms with Crippen LogP contribution < -0.4 is 5.32 Å². The second-order valence-electron chi connectivity index (χ2n) is 11.0.